The van der Waals surface area contributed by atoms with Gasteiger partial charge in [0.05, 0.1) is 37.0 Å². The molecule has 2 fully saturated rings. The third-order valence-electron chi connectivity index (χ3n) is 5.71. The summed E-state index contributed by atoms with van der Waals surface area (Å²) in [5, 5.41) is 12.7. The van der Waals surface area contributed by atoms with E-state index >= 15 is 0 Å². The van der Waals surface area contributed by atoms with Crippen LogP contribution in [-0.4, -0.2) is 70.7 Å². The van der Waals surface area contributed by atoms with E-state index in [9.17, 15) is 19.5 Å². The first-order valence-corrected chi connectivity index (χ1v) is 9.79. The molecule has 3 heterocycles. The third-order valence-corrected chi connectivity index (χ3v) is 6.14. The summed E-state index contributed by atoms with van der Waals surface area (Å²) in [5.74, 6) is -1.38. The van der Waals surface area contributed by atoms with E-state index in [1.54, 1.807) is 6.92 Å². The number of aliphatic hydroxyl groups is 1. The van der Waals surface area contributed by atoms with Gasteiger partial charge in [-0.15, -0.1) is 0 Å². The Kier molecular flexibility index (Phi) is 6.06. The molecule has 2 amide bonds. The SMILES string of the molecule is C[C@@H](O)C1C(=O)N2C(C(=O)OP)=C(CN3CC[C@@H](NC(=O)OP)C3)[C@H](C)[C@H]12. The van der Waals surface area contributed by atoms with Crippen molar-refractivity contribution in [1.82, 2.24) is 15.1 Å². The Morgan fingerprint density at radius 2 is 2.07 bits per heavy atom. The molecule has 0 radical (unpaired) electrons. The highest BCUT2D eigenvalue weighted by atomic mass is 31.0. The Morgan fingerprint density at radius 1 is 1.37 bits per heavy atom. The summed E-state index contributed by atoms with van der Waals surface area (Å²) in [4.78, 5) is 39.8. The van der Waals surface area contributed by atoms with Gasteiger partial charge < -0.3 is 24.4 Å². The van der Waals surface area contributed by atoms with Crippen molar-refractivity contribution in [1.29, 1.82) is 0 Å². The summed E-state index contributed by atoms with van der Waals surface area (Å²) in [7, 11) is 3.84. The van der Waals surface area contributed by atoms with Gasteiger partial charge in [-0.25, -0.2) is 9.59 Å². The molecule has 3 rings (SSSR count). The van der Waals surface area contributed by atoms with Crippen LogP contribution >= 0.6 is 18.9 Å². The zero-order valence-corrected chi connectivity index (χ0v) is 17.6. The van der Waals surface area contributed by atoms with Gasteiger partial charge >= 0.3 is 12.1 Å². The van der Waals surface area contributed by atoms with Crippen molar-refractivity contribution in [3.63, 3.8) is 0 Å². The lowest BCUT2D eigenvalue weighted by molar-refractivity contribution is -0.162. The first kappa shape index (κ1) is 20.5. The van der Waals surface area contributed by atoms with Gasteiger partial charge in [-0.05, 0) is 18.9 Å². The second-order valence-corrected chi connectivity index (χ2v) is 7.77. The average molecular weight is 417 g/mol. The molecule has 3 unspecified atom stereocenters. The minimum absolute atomic E-state index is 0.0311. The normalized spacial score (nSPS) is 31.4. The maximum atomic E-state index is 12.5. The Labute approximate surface area is 162 Å². The predicted molar refractivity (Wildman–Crippen MR) is 102 cm³/mol. The number of nitrogens with zero attached hydrogens (tertiary/aromatic N) is 2. The summed E-state index contributed by atoms with van der Waals surface area (Å²) in [5.41, 5.74) is 1.11. The quantitative estimate of drug-likeness (QED) is 0.480. The van der Waals surface area contributed by atoms with Gasteiger partial charge in [0, 0.05) is 31.6 Å². The van der Waals surface area contributed by atoms with Crippen molar-refractivity contribution in [2.45, 2.75) is 38.5 Å². The topological polar surface area (TPSA) is 108 Å². The van der Waals surface area contributed by atoms with E-state index in [2.05, 4.69) is 14.7 Å². The minimum atomic E-state index is -0.771. The number of fused-ring (bicyclic) bond motifs is 1. The predicted octanol–water partition coefficient (Wildman–Crippen LogP) is 0.0219. The van der Waals surface area contributed by atoms with Crippen molar-refractivity contribution >= 4 is 36.9 Å². The summed E-state index contributed by atoms with van der Waals surface area (Å²) >= 11 is 0. The van der Waals surface area contributed by atoms with Gasteiger partial charge in [0.1, 0.15) is 5.70 Å². The van der Waals surface area contributed by atoms with Crippen molar-refractivity contribution in [2.75, 3.05) is 19.6 Å². The van der Waals surface area contributed by atoms with Crippen molar-refractivity contribution < 1.29 is 28.5 Å². The first-order chi connectivity index (χ1) is 12.8. The largest absolute Gasteiger partial charge is 0.447 e. The van der Waals surface area contributed by atoms with Gasteiger partial charge in [-0.1, -0.05) is 6.92 Å². The fraction of sp³-hybridized carbons (Fsp3) is 0.688. The zero-order valence-electron chi connectivity index (χ0n) is 15.3. The molecular formula is C16H25N3O6P2. The second kappa shape index (κ2) is 8.00. The molecule has 0 saturated carbocycles. The van der Waals surface area contributed by atoms with E-state index in [0.717, 1.165) is 18.5 Å². The third kappa shape index (κ3) is 3.58. The fourth-order valence-electron chi connectivity index (χ4n) is 4.43. The summed E-state index contributed by atoms with van der Waals surface area (Å²) in [6, 6.07) is -0.258. The monoisotopic (exact) mass is 417 g/mol. The van der Waals surface area contributed by atoms with Crippen LogP contribution in [0, 0.1) is 11.8 Å². The number of hydrogen-bond acceptors (Lipinski definition) is 7. The van der Waals surface area contributed by atoms with Crippen LogP contribution in [0.4, 0.5) is 4.79 Å². The molecule has 0 spiro atoms. The number of aliphatic hydroxyl groups excluding tert-OH is 1. The number of amides is 2. The Hall–Kier alpha value is -1.27. The van der Waals surface area contributed by atoms with E-state index in [4.69, 9.17) is 4.52 Å². The number of likely N-dealkylation sites (tertiary alicyclic amines) is 1. The van der Waals surface area contributed by atoms with Gasteiger partial charge in [0.15, 0.2) is 0 Å². The minimum Gasteiger partial charge on any atom is -0.447 e. The average Bonchev–Trinajstić information content (AvgIpc) is 3.15. The van der Waals surface area contributed by atoms with Crippen LogP contribution in [0.2, 0.25) is 0 Å². The van der Waals surface area contributed by atoms with Crippen molar-refractivity contribution in [3.05, 3.63) is 11.3 Å². The fourth-order valence-corrected chi connectivity index (χ4v) is 4.61. The Bertz CT molecular complexity index is 685. The van der Waals surface area contributed by atoms with E-state index in [-0.39, 0.29) is 29.6 Å². The molecule has 3 aliphatic rings. The molecule has 11 heteroatoms. The molecule has 7 atom stereocenters. The van der Waals surface area contributed by atoms with E-state index in [1.165, 1.54) is 4.90 Å². The highest BCUT2D eigenvalue weighted by Gasteiger charge is 2.60. The number of carbonyl (C=O) groups excluding carboxylic acids is 3. The second-order valence-electron chi connectivity index (χ2n) is 7.30. The van der Waals surface area contributed by atoms with Gasteiger partial charge in [0.2, 0.25) is 5.91 Å². The molecule has 150 valence electrons. The zero-order chi connectivity index (χ0) is 19.9. The number of nitrogens with one attached hydrogen (secondary N) is 1. The molecular weight excluding hydrogens is 392 g/mol. The van der Waals surface area contributed by atoms with E-state index < -0.39 is 24.1 Å². The summed E-state index contributed by atoms with van der Waals surface area (Å²) < 4.78 is 9.38. The number of β-lactam (4-membered cyclic amide) rings is 1. The molecule has 0 aliphatic carbocycles. The van der Waals surface area contributed by atoms with Crippen molar-refractivity contribution in [2.24, 2.45) is 11.8 Å². The van der Waals surface area contributed by atoms with Crippen LogP contribution in [0.15, 0.2) is 11.3 Å². The Morgan fingerprint density at radius 3 is 2.67 bits per heavy atom. The highest BCUT2D eigenvalue weighted by molar-refractivity contribution is 7.11. The lowest BCUT2D eigenvalue weighted by Gasteiger charge is -2.46. The molecule has 9 nitrogen and oxygen atoms in total. The molecule has 27 heavy (non-hydrogen) atoms. The molecule has 2 saturated heterocycles. The van der Waals surface area contributed by atoms with Gasteiger partial charge in [0.25, 0.3) is 0 Å². The standard InChI is InChI=1S/C16H25N3O6P2/c1-7-10(6-18-4-3-9(5-18)17-16(23)25-27)13(15(22)24-26)19-12(7)11(8(2)20)14(19)21/h7-9,11-12,20H,3-6,26-27H2,1-2H3,(H,17,23)/t7-,8+,9+,11?,12+/m0/s1. The highest BCUT2D eigenvalue weighted by Crippen LogP contribution is 2.47. The van der Waals surface area contributed by atoms with E-state index in [1.807, 2.05) is 25.9 Å². The first-order valence-electron chi connectivity index (χ1n) is 8.85. The van der Waals surface area contributed by atoms with Crippen LogP contribution in [0.3, 0.4) is 0 Å². The van der Waals surface area contributed by atoms with Crippen LogP contribution in [-0.2, 0) is 18.6 Å². The lowest BCUT2D eigenvalue weighted by Crippen LogP contribution is -2.63. The molecule has 2 N–H and O–H groups in total. The molecule has 0 aromatic carbocycles. The smallest absolute Gasteiger partial charge is 0.409 e. The van der Waals surface area contributed by atoms with Crippen molar-refractivity contribution in [3.8, 4) is 0 Å². The summed E-state index contributed by atoms with van der Waals surface area (Å²) in [6.07, 6.45) is -0.498. The number of rotatable bonds is 5. The number of carbonyl (C=O) groups is 3. The maximum Gasteiger partial charge on any atom is 0.409 e. The molecule has 0 aromatic rings. The maximum absolute atomic E-state index is 12.5. The molecule has 0 aromatic heterocycles. The van der Waals surface area contributed by atoms with Crippen LogP contribution in [0.25, 0.3) is 0 Å². The summed E-state index contributed by atoms with van der Waals surface area (Å²) in [6.45, 7) is 5.43. The van der Waals surface area contributed by atoms with Gasteiger partial charge in [-0.3, -0.25) is 9.69 Å². The van der Waals surface area contributed by atoms with Gasteiger partial charge in [-0.2, -0.15) is 0 Å². The molecule has 0 bridgehead atoms. The number of hydrogen-bond donors (Lipinski definition) is 2. The van der Waals surface area contributed by atoms with E-state index in [0.29, 0.717) is 13.1 Å². The van der Waals surface area contributed by atoms with Crippen LogP contribution < -0.4 is 5.32 Å². The molecule has 3 aliphatic heterocycles. The lowest BCUT2D eigenvalue weighted by atomic mass is 9.77. The van der Waals surface area contributed by atoms with Crippen LogP contribution in [0.1, 0.15) is 20.3 Å². The Balaban J connectivity index is 1.77. The van der Waals surface area contributed by atoms with Crippen LogP contribution in [0.5, 0.6) is 0 Å².